The van der Waals surface area contributed by atoms with Gasteiger partial charge in [-0.1, -0.05) is 24.6 Å². The molecule has 0 saturated carbocycles. The number of aromatic nitrogens is 2. The van der Waals surface area contributed by atoms with Gasteiger partial charge < -0.3 is 10.6 Å². The fourth-order valence-electron chi connectivity index (χ4n) is 1.60. The quantitative estimate of drug-likeness (QED) is 0.830. The Morgan fingerprint density at radius 3 is 2.85 bits per heavy atom. The van der Waals surface area contributed by atoms with Gasteiger partial charge in [0.15, 0.2) is 0 Å². The van der Waals surface area contributed by atoms with Gasteiger partial charge in [0.1, 0.15) is 16.8 Å². The van der Waals surface area contributed by atoms with E-state index in [1.165, 1.54) is 6.07 Å². The summed E-state index contributed by atoms with van der Waals surface area (Å²) in [6.07, 6.45) is 2.58. The fraction of sp³-hybridized carbons (Fsp3) is 0.214. The number of carbonyl (C=O) groups is 1. The number of amides is 1. The monoisotopic (exact) mass is 290 g/mol. The molecule has 1 amide bonds. The van der Waals surface area contributed by atoms with E-state index in [4.69, 9.17) is 11.6 Å². The SMILES string of the molecule is CCCNc1cc(C(=O)Nc2ccccn2)cc(Cl)n1. The highest BCUT2D eigenvalue weighted by molar-refractivity contribution is 6.30. The van der Waals surface area contributed by atoms with Crippen molar-refractivity contribution in [2.24, 2.45) is 0 Å². The Bertz CT molecular complexity index is 589. The molecule has 2 heterocycles. The predicted molar refractivity (Wildman–Crippen MR) is 80.2 cm³/mol. The smallest absolute Gasteiger partial charge is 0.257 e. The highest BCUT2D eigenvalue weighted by atomic mass is 35.5. The molecule has 104 valence electrons. The third kappa shape index (κ3) is 3.93. The molecule has 0 saturated heterocycles. The molecule has 2 N–H and O–H groups in total. The molecule has 2 rings (SSSR count). The predicted octanol–water partition coefficient (Wildman–Crippen LogP) is 3.20. The molecule has 0 atom stereocenters. The van der Waals surface area contributed by atoms with Crippen LogP contribution in [0.15, 0.2) is 36.5 Å². The summed E-state index contributed by atoms with van der Waals surface area (Å²) in [7, 11) is 0. The van der Waals surface area contributed by atoms with Gasteiger partial charge in [-0.25, -0.2) is 9.97 Å². The van der Waals surface area contributed by atoms with Crippen molar-refractivity contribution >= 4 is 29.1 Å². The molecule has 5 nitrogen and oxygen atoms in total. The highest BCUT2D eigenvalue weighted by Gasteiger charge is 2.10. The summed E-state index contributed by atoms with van der Waals surface area (Å²) in [5, 5.41) is 6.08. The number of pyridine rings is 2. The molecule has 2 aromatic heterocycles. The average molecular weight is 291 g/mol. The molecular weight excluding hydrogens is 276 g/mol. The number of nitrogens with one attached hydrogen (secondary N) is 2. The zero-order valence-electron chi connectivity index (χ0n) is 11.1. The summed E-state index contributed by atoms with van der Waals surface area (Å²) in [6, 6.07) is 8.50. The molecule has 0 unspecified atom stereocenters. The summed E-state index contributed by atoms with van der Waals surface area (Å²) in [5.74, 6) is 0.812. The van der Waals surface area contributed by atoms with Gasteiger partial charge in [0.2, 0.25) is 0 Å². The van der Waals surface area contributed by atoms with Crippen LogP contribution in [0.2, 0.25) is 5.15 Å². The maximum absolute atomic E-state index is 12.1. The van der Waals surface area contributed by atoms with Crippen LogP contribution >= 0.6 is 11.6 Å². The van der Waals surface area contributed by atoms with Crippen molar-refractivity contribution in [2.45, 2.75) is 13.3 Å². The zero-order chi connectivity index (χ0) is 14.4. The Morgan fingerprint density at radius 1 is 1.30 bits per heavy atom. The molecule has 0 bridgehead atoms. The van der Waals surface area contributed by atoms with E-state index in [1.807, 2.05) is 6.92 Å². The molecule has 0 aliphatic heterocycles. The molecule has 0 aliphatic carbocycles. The summed E-state index contributed by atoms with van der Waals surface area (Å²) < 4.78 is 0. The second-order valence-corrected chi connectivity index (χ2v) is 4.55. The van der Waals surface area contributed by atoms with Gasteiger partial charge in [0, 0.05) is 18.3 Å². The largest absolute Gasteiger partial charge is 0.370 e. The van der Waals surface area contributed by atoms with E-state index >= 15 is 0 Å². The Balaban J connectivity index is 2.15. The first-order valence-corrected chi connectivity index (χ1v) is 6.70. The number of halogens is 1. The van der Waals surface area contributed by atoms with E-state index < -0.39 is 0 Å². The topological polar surface area (TPSA) is 66.9 Å². The molecule has 0 radical (unpaired) electrons. The number of anilines is 2. The molecule has 6 heteroatoms. The van der Waals surface area contributed by atoms with Crippen molar-refractivity contribution < 1.29 is 4.79 Å². The maximum atomic E-state index is 12.1. The van der Waals surface area contributed by atoms with E-state index in [9.17, 15) is 4.79 Å². The van der Waals surface area contributed by atoms with Gasteiger partial charge in [-0.15, -0.1) is 0 Å². The van der Waals surface area contributed by atoms with E-state index in [-0.39, 0.29) is 11.1 Å². The second kappa shape index (κ2) is 6.86. The summed E-state index contributed by atoms with van der Waals surface area (Å²) in [4.78, 5) is 20.3. The number of rotatable bonds is 5. The van der Waals surface area contributed by atoms with Gasteiger partial charge in [0.25, 0.3) is 5.91 Å². The van der Waals surface area contributed by atoms with E-state index in [1.54, 1.807) is 30.5 Å². The molecule has 0 aromatic carbocycles. The van der Waals surface area contributed by atoms with E-state index in [0.29, 0.717) is 17.2 Å². The lowest BCUT2D eigenvalue weighted by Gasteiger charge is -2.08. The molecule has 0 fully saturated rings. The van der Waals surface area contributed by atoms with Gasteiger partial charge in [-0.2, -0.15) is 0 Å². The lowest BCUT2D eigenvalue weighted by atomic mass is 10.2. The van der Waals surface area contributed by atoms with Crippen LogP contribution in [0.1, 0.15) is 23.7 Å². The first-order chi connectivity index (χ1) is 9.69. The van der Waals surface area contributed by atoms with Crippen molar-refractivity contribution in [1.82, 2.24) is 9.97 Å². The third-order valence-electron chi connectivity index (χ3n) is 2.52. The molecule has 20 heavy (non-hydrogen) atoms. The molecule has 0 aliphatic rings. The number of nitrogens with zero attached hydrogens (tertiary/aromatic N) is 2. The highest BCUT2D eigenvalue weighted by Crippen LogP contribution is 2.16. The van der Waals surface area contributed by atoms with Crippen LogP contribution in [0.5, 0.6) is 0 Å². The van der Waals surface area contributed by atoms with Gasteiger partial charge in [0.05, 0.1) is 0 Å². The average Bonchev–Trinajstić information content (AvgIpc) is 2.45. The van der Waals surface area contributed by atoms with Gasteiger partial charge in [-0.05, 0) is 30.7 Å². The van der Waals surface area contributed by atoms with Crippen LogP contribution in [-0.2, 0) is 0 Å². The van der Waals surface area contributed by atoms with Crippen molar-refractivity contribution in [3.63, 3.8) is 0 Å². The number of hydrogen-bond donors (Lipinski definition) is 2. The van der Waals surface area contributed by atoms with E-state index in [2.05, 4.69) is 20.6 Å². The summed E-state index contributed by atoms with van der Waals surface area (Å²) in [6.45, 7) is 2.82. The first-order valence-electron chi connectivity index (χ1n) is 6.33. The van der Waals surface area contributed by atoms with Crippen molar-refractivity contribution in [1.29, 1.82) is 0 Å². The third-order valence-corrected chi connectivity index (χ3v) is 2.71. The molecule has 0 spiro atoms. The first kappa shape index (κ1) is 14.3. The lowest BCUT2D eigenvalue weighted by Crippen LogP contribution is -2.14. The zero-order valence-corrected chi connectivity index (χ0v) is 11.8. The Hall–Kier alpha value is -2.14. The van der Waals surface area contributed by atoms with Crippen LogP contribution in [0, 0.1) is 0 Å². The molecular formula is C14H15ClN4O. The van der Waals surface area contributed by atoms with E-state index in [0.717, 1.165) is 13.0 Å². The summed E-state index contributed by atoms with van der Waals surface area (Å²) >= 11 is 5.93. The number of carbonyl (C=O) groups excluding carboxylic acids is 1. The van der Waals surface area contributed by atoms with Crippen molar-refractivity contribution in [2.75, 3.05) is 17.2 Å². The minimum atomic E-state index is -0.271. The maximum Gasteiger partial charge on any atom is 0.257 e. The van der Waals surface area contributed by atoms with Crippen LogP contribution in [0.3, 0.4) is 0 Å². The van der Waals surface area contributed by atoms with Crippen LogP contribution in [0.4, 0.5) is 11.6 Å². The Morgan fingerprint density at radius 2 is 2.15 bits per heavy atom. The normalized spacial score (nSPS) is 10.1. The van der Waals surface area contributed by atoms with Crippen LogP contribution in [-0.4, -0.2) is 22.4 Å². The fourth-order valence-corrected chi connectivity index (χ4v) is 1.81. The minimum Gasteiger partial charge on any atom is -0.370 e. The summed E-state index contributed by atoms with van der Waals surface area (Å²) in [5.41, 5.74) is 0.439. The lowest BCUT2D eigenvalue weighted by molar-refractivity contribution is 0.102. The van der Waals surface area contributed by atoms with Gasteiger partial charge >= 0.3 is 0 Å². The Kier molecular flexibility index (Phi) is 4.90. The van der Waals surface area contributed by atoms with Gasteiger partial charge in [-0.3, -0.25) is 4.79 Å². The van der Waals surface area contributed by atoms with Crippen molar-refractivity contribution in [3.05, 3.63) is 47.2 Å². The molecule has 2 aromatic rings. The standard InChI is InChI=1S/C14H15ClN4O/c1-2-6-16-13-9-10(8-11(15)18-13)14(20)19-12-5-3-4-7-17-12/h3-5,7-9H,2,6H2,1H3,(H,16,18)(H,17,19,20). The number of hydrogen-bond acceptors (Lipinski definition) is 4. The van der Waals surface area contributed by atoms with Crippen LogP contribution < -0.4 is 10.6 Å². The second-order valence-electron chi connectivity index (χ2n) is 4.16. The van der Waals surface area contributed by atoms with Crippen LogP contribution in [0.25, 0.3) is 0 Å². The minimum absolute atomic E-state index is 0.271. The Labute approximate surface area is 122 Å². The van der Waals surface area contributed by atoms with Crippen molar-refractivity contribution in [3.8, 4) is 0 Å².